The summed E-state index contributed by atoms with van der Waals surface area (Å²) in [5.74, 6) is -0.217. The van der Waals surface area contributed by atoms with E-state index in [9.17, 15) is 9.59 Å². The zero-order valence-electron chi connectivity index (χ0n) is 12.3. The molecule has 0 fully saturated rings. The van der Waals surface area contributed by atoms with Crippen LogP contribution in [0, 0.1) is 0 Å². The van der Waals surface area contributed by atoms with Gasteiger partial charge in [-0.3, -0.25) is 9.59 Å². The number of aryl methyl sites for hydroxylation is 1. The first kappa shape index (κ1) is 16.1. The molecule has 1 aromatic heterocycles. The van der Waals surface area contributed by atoms with E-state index < -0.39 is 12.0 Å². The average Bonchev–Trinajstić information content (AvgIpc) is 2.77. The molecule has 1 atom stereocenters. The lowest BCUT2D eigenvalue weighted by atomic mass is 9.96. The SMILES string of the molecule is C[C@@H](NC(=O)CCCc1nc(C(C)(C)C)no1)C(=O)O. The summed E-state index contributed by atoms with van der Waals surface area (Å²) in [4.78, 5) is 26.3. The monoisotopic (exact) mass is 283 g/mol. The molecule has 0 radical (unpaired) electrons. The van der Waals surface area contributed by atoms with Crippen LogP contribution in [0.5, 0.6) is 0 Å². The highest BCUT2D eigenvalue weighted by molar-refractivity contribution is 5.83. The van der Waals surface area contributed by atoms with Crippen LogP contribution < -0.4 is 5.32 Å². The van der Waals surface area contributed by atoms with E-state index in [4.69, 9.17) is 9.63 Å². The molecule has 20 heavy (non-hydrogen) atoms. The number of aromatic nitrogens is 2. The van der Waals surface area contributed by atoms with Gasteiger partial charge >= 0.3 is 5.97 Å². The summed E-state index contributed by atoms with van der Waals surface area (Å²) in [7, 11) is 0. The van der Waals surface area contributed by atoms with E-state index in [1.54, 1.807) is 0 Å². The van der Waals surface area contributed by atoms with Crippen molar-refractivity contribution in [2.45, 2.75) is 58.4 Å². The minimum absolute atomic E-state index is 0.171. The van der Waals surface area contributed by atoms with E-state index in [1.165, 1.54) is 6.92 Å². The molecule has 112 valence electrons. The number of amides is 1. The largest absolute Gasteiger partial charge is 0.480 e. The smallest absolute Gasteiger partial charge is 0.325 e. The zero-order chi connectivity index (χ0) is 15.3. The third-order valence-corrected chi connectivity index (χ3v) is 2.68. The molecule has 7 heteroatoms. The van der Waals surface area contributed by atoms with Crippen LogP contribution in [0.25, 0.3) is 0 Å². The molecule has 1 rings (SSSR count). The van der Waals surface area contributed by atoms with Gasteiger partial charge in [0.1, 0.15) is 6.04 Å². The lowest BCUT2D eigenvalue weighted by molar-refractivity contribution is -0.141. The fourth-order valence-corrected chi connectivity index (χ4v) is 1.44. The van der Waals surface area contributed by atoms with E-state index in [-0.39, 0.29) is 17.7 Å². The Morgan fingerprint density at radius 1 is 1.40 bits per heavy atom. The summed E-state index contributed by atoms with van der Waals surface area (Å²) >= 11 is 0. The molecule has 1 amide bonds. The zero-order valence-corrected chi connectivity index (χ0v) is 12.3. The minimum atomic E-state index is -1.05. The molecule has 1 aromatic rings. The van der Waals surface area contributed by atoms with Gasteiger partial charge in [0.25, 0.3) is 0 Å². The minimum Gasteiger partial charge on any atom is -0.480 e. The second kappa shape index (κ2) is 6.49. The van der Waals surface area contributed by atoms with Crippen molar-refractivity contribution in [3.8, 4) is 0 Å². The number of carboxylic acid groups (broad SMARTS) is 1. The van der Waals surface area contributed by atoms with Crippen LogP contribution in [-0.4, -0.2) is 33.2 Å². The first-order valence-electron chi connectivity index (χ1n) is 6.55. The number of carbonyl (C=O) groups excluding carboxylic acids is 1. The Labute approximate surface area is 117 Å². The van der Waals surface area contributed by atoms with E-state index in [1.807, 2.05) is 20.8 Å². The van der Waals surface area contributed by atoms with Crippen LogP contribution >= 0.6 is 0 Å². The van der Waals surface area contributed by atoms with Crippen LogP contribution in [0.1, 0.15) is 52.3 Å². The third-order valence-electron chi connectivity index (χ3n) is 2.68. The number of hydrogen-bond acceptors (Lipinski definition) is 5. The fraction of sp³-hybridized carbons (Fsp3) is 0.692. The molecule has 0 aromatic carbocycles. The van der Waals surface area contributed by atoms with Gasteiger partial charge in [-0.15, -0.1) is 0 Å². The first-order chi connectivity index (χ1) is 9.20. The first-order valence-corrected chi connectivity index (χ1v) is 6.55. The molecule has 0 bridgehead atoms. The Hall–Kier alpha value is -1.92. The Kier molecular flexibility index (Phi) is 5.24. The molecular formula is C13H21N3O4. The van der Waals surface area contributed by atoms with E-state index >= 15 is 0 Å². The number of nitrogens with one attached hydrogen (secondary N) is 1. The van der Waals surface area contributed by atoms with Crippen molar-refractivity contribution in [2.24, 2.45) is 0 Å². The van der Waals surface area contributed by atoms with E-state index in [0.29, 0.717) is 24.6 Å². The molecule has 0 aliphatic heterocycles. The van der Waals surface area contributed by atoms with E-state index in [2.05, 4.69) is 15.5 Å². The molecule has 2 N–H and O–H groups in total. The molecular weight excluding hydrogens is 262 g/mol. The topological polar surface area (TPSA) is 105 Å². The van der Waals surface area contributed by atoms with Gasteiger partial charge in [0.05, 0.1) is 0 Å². The van der Waals surface area contributed by atoms with Crippen LogP contribution in [0.15, 0.2) is 4.52 Å². The quantitative estimate of drug-likeness (QED) is 0.814. The maximum absolute atomic E-state index is 11.5. The second-order valence-electron chi connectivity index (χ2n) is 5.74. The second-order valence-corrected chi connectivity index (χ2v) is 5.74. The number of nitrogens with zero attached hydrogens (tertiary/aromatic N) is 2. The number of aliphatic carboxylic acids is 1. The maximum atomic E-state index is 11.5. The Morgan fingerprint density at radius 3 is 2.55 bits per heavy atom. The normalized spacial score (nSPS) is 13.0. The van der Waals surface area contributed by atoms with Crippen molar-refractivity contribution in [3.05, 3.63) is 11.7 Å². The average molecular weight is 283 g/mol. The van der Waals surface area contributed by atoms with Crippen LogP contribution in [-0.2, 0) is 21.4 Å². The van der Waals surface area contributed by atoms with Crippen LogP contribution in [0.2, 0.25) is 0 Å². The predicted molar refractivity (Wildman–Crippen MR) is 71.2 cm³/mol. The molecule has 1 heterocycles. The number of carboxylic acids is 1. The number of rotatable bonds is 6. The summed E-state index contributed by atoms with van der Waals surface area (Å²) in [5, 5.41) is 14.9. The van der Waals surface area contributed by atoms with Crippen molar-refractivity contribution < 1.29 is 19.2 Å². The van der Waals surface area contributed by atoms with Gasteiger partial charge in [0.2, 0.25) is 11.8 Å². The van der Waals surface area contributed by atoms with Crippen LogP contribution in [0.4, 0.5) is 0 Å². The summed E-state index contributed by atoms with van der Waals surface area (Å²) in [6.45, 7) is 7.39. The van der Waals surface area contributed by atoms with Gasteiger partial charge in [-0.1, -0.05) is 25.9 Å². The highest BCUT2D eigenvalue weighted by Crippen LogP contribution is 2.18. The molecule has 7 nitrogen and oxygen atoms in total. The molecule has 0 saturated carbocycles. The third kappa shape index (κ3) is 4.99. The Morgan fingerprint density at radius 2 is 2.05 bits per heavy atom. The molecule has 0 unspecified atom stereocenters. The molecule has 0 aliphatic rings. The Balaban J connectivity index is 2.36. The number of hydrogen-bond donors (Lipinski definition) is 2. The van der Waals surface area contributed by atoms with Gasteiger partial charge in [-0.2, -0.15) is 4.98 Å². The van der Waals surface area contributed by atoms with Gasteiger partial charge in [-0.25, -0.2) is 0 Å². The standard InChI is InChI=1S/C13H21N3O4/c1-8(11(18)19)14-9(17)6-5-7-10-15-12(16-20-10)13(2,3)4/h8H,5-7H2,1-4H3,(H,14,17)(H,18,19)/t8-/m1/s1. The van der Waals surface area contributed by atoms with Crippen molar-refractivity contribution >= 4 is 11.9 Å². The van der Waals surface area contributed by atoms with Crippen molar-refractivity contribution in [2.75, 3.05) is 0 Å². The molecule has 0 aliphatic carbocycles. The molecule has 0 spiro atoms. The lowest BCUT2D eigenvalue weighted by Gasteiger charge is -2.10. The summed E-state index contributed by atoms with van der Waals surface area (Å²) in [6.07, 6.45) is 1.26. The van der Waals surface area contributed by atoms with Crippen molar-refractivity contribution in [1.29, 1.82) is 0 Å². The molecule has 0 saturated heterocycles. The highest BCUT2D eigenvalue weighted by atomic mass is 16.5. The van der Waals surface area contributed by atoms with Gasteiger partial charge in [-0.05, 0) is 13.3 Å². The predicted octanol–water partition coefficient (Wildman–Crippen LogP) is 1.28. The highest BCUT2D eigenvalue weighted by Gasteiger charge is 2.21. The summed E-state index contributed by atoms with van der Waals surface area (Å²) < 4.78 is 5.11. The maximum Gasteiger partial charge on any atom is 0.325 e. The van der Waals surface area contributed by atoms with Gasteiger partial charge in [0.15, 0.2) is 5.82 Å². The number of carbonyl (C=O) groups is 2. The van der Waals surface area contributed by atoms with Crippen LogP contribution in [0.3, 0.4) is 0 Å². The van der Waals surface area contributed by atoms with Gasteiger partial charge < -0.3 is 14.9 Å². The fourth-order valence-electron chi connectivity index (χ4n) is 1.44. The van der Waals surface area contributed by atoms with Gasteiger partial charge in [0, 0.05) is 18.3 Å². The lowest BCUT2D eigenvalue weighted by Crippen LogP contribution is -2.38. The Bertz CT molecular complexity index is 476. The van der Waals surface area contributed by atoms with Crippen molar-refractivity contribution in [1.82, 2.24) is 15.5 Å². The summed E-state index contributed by atoms with van der Waals surface area (Å²) in [5.41, 5.74) is -0.171. The van der Waals surface area contributed by atoms with Crippen molar-refractivity contribution in [3.63, 3.8) is 0 Å². The van der Waals surface area contributed by atoms with E-state index in [0.717, 1.165) is 0 Å². The summed E-state index contributed by atoms with van der Waals surface area (Å²) in [6, 6.07) is -0.876.